The van der Waals surface area contributed by atoms with E-state index in [0.29, 0.717) is 18.0 Å². The number of amides is 1. The molecule has 0 saturated heterocycles. The highest BCUT2D eigenvalue weighted by Crippen LogP contribution is 2.23. The van der Waals surface area contributed by atoms with E-state index in [9.17, 15) is 23.7 Å². The fourth-order valence-electron chi connectivity index (χ4n) is 1.73. The smallest absolute Gasteiger partial charge is 0.285 e. The molecule has 9 heteroatoms. The lowest BCUT2D eigenvalue weighted by molar-refractivity contribution is -0.385. The third-order valence-corrected chi connectivity index (χ3v) is 2.76. The van der Waals surface area contributed by atoms with Crippen LogP contribution in [-0.4, -0.2) is 20.8 Å². The molecule has 0 aliphatic heterocycles. The summed E-state index contributed by atoms with van der Waals surface area (Å²) in [6.45, 7) is 1.59. The van der Waals surface area contributed by atoms with Gasteiger partial charge in [0.05, 0.1) is 17.0 Å². The minimum atomic E-state index is -1.39. The second kappa shape index (κ2) is 5.65. The molecule has 1 unspecified atom stereocenters. The fraction of sp³-hybridized carbons (Fsp3) is 0.167. The van der Waals surface area contributed by atoms with Crippen molar-refractivity contribution in [3.63, 3.8) is 0 Å². The van der Waals surface area contributed by atoms with Gasteiger partial charge in [0, 0.05) is 12.4 Å². The zero-order chi connectivity index (χ0) is 15.6. The lowest BCUT2D eigenvalue weighted by atomic mass is 10.1. The number of aromatic amines is 1. The van der Waals surface area contributed by atoms with Crippen LogP contribution in [0.2, 0.25) is 0 Å². The summed E-state index contributed by atoms with van der Waals surface area (Å²) in [6.07, 6.45) is 3.01. The Labute approximate surface area is 117 Å². The van der Waals surface area contributed by atoms with E-state index in [0.717, 1.165) is 0 Å². The van der Waals surface area contributed by atoms with Crippen LogP contribution in [0.3, 0.4) is 0 Å². The lowest BCUT2D eigenvalue weighted by Crippen LogP contribution is -2.28. The first kappa shape index (κ1) is 14.6. The standard InChI is InChI=1S/C12H10F2N4O3/c1-6(11-15-2-3-16-11)17-12(19)7-4-8(13)9(14)5-10(7)18(20)21/h2-6H,1H3,(H,15,16)(H,17,19). The van der Waals surface area contributed by atoms with E-state index in [1.807, 2.05) is 0 Å². The van der Waals surface area contributed by atoms with Crippen LogP contribution in [0.25, 0.3) is 0 Å². The second-order valence-corrected chi connectivity index (χ2v) is 4.21. The number of carbonyl (C=O) groups is 1. The molecular formula is C12H10F2N4O3. The van der Waals surface area contributed by atoms with E-state index in [2.05, 4.69) is 15.3 Å². The van der Waals surface area contributed by atoms with E-state index in [4.69, 9.17) is 0 Å². The largest absolute Gasteiger partial charge is 0.347 e. The number of H-pyrrole nitrogens is 1. The molecule has 1 amide bonds. The Morgan fingerprint density at radius 3 is 2.67 bits per heavy atom. The number of halogens is 2. The number of imidazole rings is 1. The molecule has 0 aliphatic rings. The zero-order valence-corrected chi connectivity index (χ0v) is 10.8. The van der Waals surface area contributed by atoms with Crippen LogP contribution in [0.15, 0.2) is 24.5 Å². The van der Waals surface area contributed by atoms with Crippen molar-refractivity contribution in [2.75, 3.05) is 0 Å². The van der Waals surface area contributed by atoms with Crippen molar-refractivity contribution in [3.8, 4) is 0 Å². The number of rotatable bonds is 4. The van der Waals surface area contributed by atoms with Crippen molar-refractivity contribution in [1.29, 1.82) is 0 Å². The van der Waals surface area contributed by atoms with Gasteiger partial charge in [-0.15, -0.1) is 0 Å². The van der Waals surface area contributed by atoms with Gasteiger partial charge in [-0.3, -0.25) is 14.9 Å². The van der Waals surface area contributed by atoms with Crippen LogP contribution in [0.5, 0.6) is 0 Å². The van der Waals surface area contributed by atoms with Gasteiger partial charge in [-0.05, 0) is 13.0 Å². The van der Waals surface area contributed by atoms with Crippen molar-refractivity contribution in [2.24, 2.45) is 0 Å². The topological polar surface area (TPSA) is 101 Å². The summed E-state index contributed by atoms with van der Waals surface area (Å²) < 4.78 is 26.2. The van der Waals surface area contributed by atoms with Gasteiger partial charge in [0.15, 0.2) is 11.6 Å². The molecule has 1 aromatic carbocycles. The van der Waals surface area contributed by atoms with E-state index < -0.39 is 39.8 Å². The second-order valence-electron chi connectivity index (χ2n) is 4.21. The van der Waals surface area contributed by atoms with Crippen LogP contribution in [0.1, 0.15) is 29.1 Å². The van der Waals surface area contributed by atoms with Crippen LogP contribution >= 0.6 is 0 Å². The first-order chi connectivity index (χ1) is 9.90. The quantitative estimate of drug-likeness (QED) is 0.666. The number of benzene rings is 1. The van der Waals surface area contributed by atoms with Crippen molar-refractivity contribution in [3.05, 3.63) is 57.7 Å². The van der Waals surface area contributed by atoms with Crippen LogP contribution in [0.4, 0.5) is 14.5 Å². The molecule has 0 fully saturated rings. The highest BCUT2D eigenvalue weighted by molar-refractivity contribution is 5.98. The summed E-state index contributed by atoms with van der Waals surface area (Å²) in [4.78, 5) is 28.5. The maximum absolute atomic E-state index is 13.2. The van der Waals surface area contributed by atoms with Gasteiger partial charge in [0.25, 0.3) is 11.6 Å². The van der Waals surface area contributed by atoms with Gasteiger partial charge in [-0.1, -0.05) is 0 Å². The number of nitro benzene ring substituents is 1. The predicted octanol–water partition coefficient (Wildman–Crippen LogP) is 2.09. The number of nitrogens with one attached hydrogen (secondary N) is 2. The van der Waals surface area contributed by atoms with Gasteiger partial charge in [-0.2, -0.15) is 0 Å². The molecule has 1 heterocycles. The Balaban J connectivity index is 2.30. The maximum Gasteiger partial charge on any atom is 0.285 e. The number of hydrogen-bond acceptors (Lipinski definition) is 4. The van der Waals surface area contributed by atoms with Crippen molar-refractivity contribution in [1.82, 2.24) is 15.3 Å². The summed E-state index contributed by atoms with van der Waals surface area (Å²) in [5.74, 6) is -3.20. The summed E-state index contributed by atoms with van der Waals surface area (Å²) in [5, 5.41) is 13.2. The van der Waals surface area contributed by atoms with Gasteiger partial charge in [0.1, 0.15) is 11.4 Å². The highest BCUT2D eigenvalue weighted by atomic mass is 19.2. The first-order valence-corrected chi connectivity index (χ1v) is 5.83. The summed E-state index contributed by atoms with van der Waals surface area (Å²) >= 11 is 0. The zero-order valence-electron chi connectivity index (χ0n) is 10.8. The SMILES string of the molecule is CC(NC(=O)c1cc(F)c(F)cc1[N+](=O)[O-])c1ncc[nH]1. The van der Waals surface area contributed by atoms with Gasteiger partial charge < -0.3 is 10.3 Å². The molecule has 0 radical (unpaired) electrons. The highest BCUT2D eigenvalue weighted by Gasteiger charge is 2.25. The monoisotopic (exact) mass is 296 g/mol. The molecule has 1 aromatic heterocycles. The molecule has 0 bridgehead atoms. The van der Waals surface area contributed by atoms with E-state index >= 15 is 0 Å². The molecule has 2 rings (SSSR count). The molecule has 0 saturated carbocycles. The summed E-state index contributed by atoms with van der Waals surface area (Å²) in [7, 11) is 0. The maximum atomic E-state index is 13.2. The van der Waals surface area contributed by atoms with Crippen molar-refractivity contribution in [2.45, 2.75) is 13.0 Å². The molecule has 0 spiro atoms. The summed E-state index contributed by atoms with van der Waals surface area (Å²) in [6, 6.07) is 0.291. The Bertz CT molecular complexity index is 688. The molecule has 0 aliphatic carbocycles. The number of nitrogens with zero attached hydrogens (tertiary/aromatic N) is 2. The average Bonchev–Trinajstić information content (AvgIpc) is 2.95. The Morgan fingerprint density at radius 2 is 2.10 bits per heavy atom. The van der Waals surface area contributed by atoms with Crippen LogP contribution in [0, 0.1) is 21.7 Å². The van der Waals surface area contributed by atoms with Crippen molar-refractivity contribution >= 4 is 11.6 Å². The van der Waals surface area contributed by atoms with E-state index in [-0.39, 0.29) is 0 Å². The van der Waals surface area contributed by atoms with Gasteiger partial charge in [-0.25, -0.2) is 13.8 Å². The Hall–Kier alpha value is -2.84. The van der Waals surface area contributed by atoms with Crippen LogP contribution in [-0.2, 0) is 0 Å². The van der Waals surface area contributed by atoms with Crippen LogP contribution < -0.4 is 5.32 Å². The van der Waals surface area contributed by atoms with Crippen molar-refractivity contribution < 1.29 is 18.5 Å². The summed E-state index contributed by atoms with van der Waals surface area (Å²) in [5.41, 5.74) is -1.37. The first-order valence-electron chi connectivity index (χ1n) is 5.83. The minimum absolute atomic E-state index is 0.377. The normalized spacial score (nSPS) is 12.0. The number of hydrogen-bond donors (Lipinski definition) is 2. The average molecular weight is 296 g/mol. The van der Waals surface area contributed by atoms with Gasteiger partial charge in [0.2, 0.25) is 0 Å². The number of carbonyl (C=O) groups excluding carboxylic acids is 1. The number of nitro groups is 1. The predicted molar refractivity (Wildman–Crippen MR) is 67.5 cm³/mol. The lowest BCUT2D eigenvalue weighted by Gasteiger charge is -2.11. The molecular weight excluding hydrogens is 286 g/mol. The Morgan fingerprint density at radius 1 is 1.43 bits per heavy atom. The third kappa shape index (κ3) is 3.02. The molecule has 110 valence electrons. The van der Waals surface area contributed by atoms with E-state index in [1.165, 1.54) is 12.4 Å². The van der Waals surface area contributed by atoms with Gasteiger partial charge >= 0.3 is 0 Å². The molecule has 21 heavy (non-hydrogen) atoms. The molecule has 7 nitrogen and oxygen atoms in total. The molecule has 1 atom stereocenters. The molecule has 2 N–H and O–H groups in total. The molecule has 2 aromatic rings. The Kier molecular flexibility index (Phi) is 3.92. The fourth-order valence-corrected chi connectivity index (χ4v) is 1.73. The number of aromatic nitrogens is 2. The van der Waals surface area contributed by atoms with E-state index in [1.54, 1.807) is 6.92 Å². The minimum Gasteiger partial charge on any atom is -0.347 e. The third-order valence-electron chi connectivity index (χ3n) is 2.76.